The molecule has 29 heavy (non-hydrogen) atoms. The fraction of sp³-hybridized carbons (Fsp3) is 0.318. The molecule has 2 aromatic carbocycles. The first-order chi connectivity index (χ1) is 13.8. The monoisotopic (exact) mass is 413 g/mol. The first-order valence-electron chi connectivity index (χ1n) is 9.42. The molecule has 0 aliphatic carbocycles. The van der Waals surface area contributed by atoms with Gasteiger partial charge in [0, 0.05) is 29.1 Å². The van der Waals surface area contributed by atoms with E-state index in [9.17, 15) is 0 Å². The van der Waals surface area contributed by atoms with Crippen molar-refractivity contribution in [3.63, 3.8) is 0 Å². The zero-order valence-corrected chi connectivity index (χ0v) is 17.8. The standard InChI is InChI=1S/C22H26N2S.HNO3/c1-17-5-8-20(9-6-17)10-11-21(15-24-13-12-23-16-24)25-22-14-18(2)4-7-19(22)3;2-1(3)4/h4-9,12-14,16,21H,10-11,15H2,1-3H3;(H,2,3,4). The molecule has 0 fully saturated rings. The molecule has 0 bridgehead atoms. The zero-order valence-electron chi connectivity index (χ0n) is 17.0. The van der Waals surface area contributed by atoms with Crippen LogP contribution in [-0.4, -0.2) is 25.1 Å². The van der Waals surface area contributed by atoms with Gasteiger partial charge in [-0.3, -0.25) is 0 Å². The van der Waals surface area contributed by atoms with Gasteiger partial charge in [0.15, 0.2) is 0 Å². The van der Waals surface area contributed by atoms with Crippen molar-refractivity contribution < 1.29 is 10.3 Å². The Morgan fingerprint density at radius 2 is 1.79 bits per heavy atom. The van der Waals surface area contributed by atoms with Gasteiger partial charge in [-0.2, -0.15) is 0 Å². The smallest absolute Gasteiger partial charge is 0.291 e. The molecule has 0 spiro atoms. The van der Waals surface area contributed by atoms with Crippen molar-refractivity contribution in [3.8, 4) is 0 Å². The summed E-state index contributed by atoms with van der Waals surface area (Å²) in [6, 6.07) is 15.7. The van der Waals surface area contributed by atoms with Crippen LogP contribution in [0.15, 0.2) is 66.1 Å². The van der Waals surface area contributed by atoms with Crippen molar-refractivity contribution in [3.05, 3.63) is 93.6 Å². The van der Waals surface area contributed by atoms with E-state index in [2.05, 4.69) is 79.0 Å². The predicted octanol–water partition coefficient (Wildman–Crippen LogP) is 5.25. The Morgan fingerprint density at radius 3 is 2.41 bits per heavy atom. The number of aromatic nitrogens is 2. The summed E-state index contributed by atoms with van der Waals surface area (Å²) in [7, 11) is 0. The molecule has 1 aromatic heterocycles. The van der Waals surface area contributed by atoms with E-state index in [-0.39, 0.29) is 0 Å². The summed E-state index contributed by atoms with van der Waals surface area (Å²) in [4.78, 5) is 14.0. The van der Waals surface area contributed by atoms with Gasteiger partial charge in [-0.05, 0) is 50.8 Å². The lowest BCUT2D eigenvalue weighted by atomic mass is 10.1. The Hall–Kier alpha value is -2.80. The average Bonchev–Trinajstić information content (AvgIpc) is 3.16. The number of benzene rings is 2. The maximum Gasteiger partial charge on any atom is 0.291 e. The topological polar surface area (TPSA) is 81.2 Å². The lowest BCUT2D eigenvalue weighted by Gasteiger charge is -2.19. The summed E-state index contributed by atoms with van der Waals surface area (Å²) in [5.41, 5.74) is 5.43. The Labute approximate surface area is 175 Å². The average molecular weight is 414 g/mol. The molecule has 7 heteroatoms. The molecule has 0 amide bonds. The Bertz CT molecular complexity index is 892. The highest BCUT2D eigenvalue weighted by molar-refractivity contribution is 8.00. The van der Waals surface area contributed by atoms with Gasteiger partial charge in [0.05, 0.1) is 6.33 Å². The molecule has 1 heterocycles. The second-order valence-electron chi connectivity index (χ2n) is 7.03. The Kier molecular flexibility index (Phi) is 8.73. The molecule has 3 aromatic rings. The van der Waals surface area contributed by atoms with Crippen LogP contribution in [-0.2, 0) is 13.0 Å². The highest BCUT2D eigenvalue weighted by atomic mass is 32.2. The van der Waals surface area contributed by atoms with Crippen LogP contribution < -0.4 is 0 Å². The lowest BCUT2D eigenvalue weighted by molar-refractivity contribution is -0.742. The summed E-state index contributed by atoms with van der Waals surface area (Å²) in [5.74, 6) is 0. The molecule has 0 aliphatic rings. The van der Waals surface area contributed by atoms with Crippen molar-refractivity contribution in [2.75, 3.05) is 0 Å². The van der Waals surface area contributed by atoms with E-state index in [0.29, 0.717) is 5.25 Å². The summed E-state index contributed by atoms with van der Waals surface area (Å²) in [5, 5.41) is 14.2. The van der Waals surface area contributed by atoms with Crippen LogP contribution in [0.1, 0.15) is 28.7 Å². The van der Waals surface area contributed by atoms with Crippen LogP contribution in [0, 0.1) is 30.9 Å². The highest BCUT2D eigenvalue weighted by Gasteiger charge is 2.13. The van der Waals surface area contributed by atoms with Crippen LogP contribution in [0.25, 0.3) is 0 Å². The zero-order chi connectivity index (χ0) is 21.2. The number of hydrogen-bond donors (Lipinski definition) is 1. The molecule has 1 N–H and O–H groups in total. The molecule has 1 unspecified atom stereocenters. The van der Waals surface area contributed by atoms with E-state index in [0.717, 1.165) is 19.4 Å². The fourth-order valence-corrected chi connectivity index (χ4v) is 4.26. The van der Waals surface area contributed by atoms with Gasteiger partial charge in [-0.25, -0.2) is 4.98 Å². The Morgan fingerprint density at radius 1 is 1.14 bits per heavy atom. The van der Waals surface area contributed by atoms with E-state index >= 15 is 0 Å². The van der Waals surface area contributed by atoms with Gasteiger partial charge in [0.2, 0.25) is 0 Å². The number of thioether (sulfide) groups is 1. The van der Waals surface area contributed by atoms with Crippen molar-refractivity contribution >= 4 is 11.8 Å². The van der Waals surface area contributed by atoms with Gasteiger partial charge < -0.3 is 9.77 Å². The Balaban J connectivity index is 0.000000687. The predicted molar refractivity (Wildman–Crippen MR) is 116 cm³/mol. The van der Waals surface area contributed by atoms with Crippen LogP contribution in [0.5, 0.6) is 0 Å². The third-order valence-electron chi connectivity index (χ3n) is 4.49. The maximum absolute atomic E-state index is 8.36. The number of nitrogens with zero attached hydrogens (tertiary/aromatic N) is 3. The lowest BCUT2D eigenvalue weighted by Crippen LogP contribution is -2.13. The molecule has 0 saturated heterocycles. The van der Waals surface area contributed by atoms with Gasteiger partial charge >= 0.3 is 0 Å². The second kappa shape index (κ2) is 11.3. The van der Waals surface area contributed by atoms with Crippen LogP contribution in [0.2, 0.25) is 0 Å². The van der Waals surface area contributed by atoms with Gasteiger partial charge in [-0.15, -0.1) is 21.9 Å². The van der Waals surface area contributed by atoms with E-state index in [1.54, 1.807) is 0 Å². The van der Waals surface area contributed by atoms with Crippen LogP contribution in [0.4, 0.5) is 0 Å². The van der Waals surface area contributed by atoms with Crippen molar-refractivity contribution in [2.45, 2.75) is 50.3 Å². The minimum absolute atomic E-state index is 0.524. The van der Waals surface area contributed by atoms with Crippen molar-refractivity contribution in [1.82, 2.24) is 9.55 Å². The number of hydrogen-bond acceptors (Lipinski definition) is 4. The van der Waals surface area contributed by atoms with Crippen molar-refractivity contribution in [1.29, 1.82) is 0 Å². The molecule has 1 atom stereocenters. The normalized spacial score (nSPS) is 11.4. The number of aryl methyl sites for hydroxylation is 4. The van der Waals surface area contributed by atoms with Crippen LogP contribution >= 0.6 is 11.8 Å². The van der Waals surface area contributed by atoms with Crippen LogP contribution in [0.3, 0.4) is 0 Å². The van der Waals surface area contributed by atoms with E-state index < -0.39 is 5.09 Å². The SMILES string of the molecule is Cc1ccc(CCC(Cn2ccnc2)Sc2cc(C)ccc2C)cc1.O=[N+]([O-])O. The molecule has 0 saturated carbocycles. The summed E-state index contributed by atoms with van der Waals surface area (Å²) < 4.78 is 2.19. The minimum atomic E-state index is -1.50. The van der Waals surface area contributed by atoms with E-state index in [1.165, 1.54) is 27.1 Å². The maximum atomic E-state index is 8.36. The number of rotatable bonds is 7. The third kappa shape index (κ3) is 8.39. The molecular weight excluding hydrogens is 386 g/mol. The van der Waals surface area contributed by atoms with E-state index in [4.69, 9.17) is 15.3 Å². The van der Waals surface area contributed by atoms with Gasteiger partial charge in [0.1, 0.15) is 0 Å². The first kappa shape index (κ1) is 22.5. The minimum Gasteiger partial charge on any atom is -0.336 e. The largest absolute Gasteiger partial charge is 0.336 e. The van der Waals surface area contributed by atoms with Crippen molar-refractivity contribution in [2.24, 2.45) is 0 Å². The molecule has 3 rings (SSSR count). The number of imidazole rings is 1. The second-order valence-corrected chi connectivity index (χ2v) is 8.37. The summed E-state index contributed by atoms with van der Waals surface area (Å²) in [6.45, 7) is 7.50. The quantitative estimate of drug-likeness (QED) is 0.325. The molecule has 154 valence electrons. The summed E-state index contributed by atoms with van der Waals surface area (Å²) in [6.07, 6.45) is 8.10. The van der Waals surface area contributed by atoms with Gasteiger partial charge in [-0.1, -0.05) is 47.5 Å². The molecule has 6 nitrogen and oxygen atoms in total. The fourth-order valence-electron chi connectivity index (χ4n) is 2.91. The van der Waals surface area contributed by atoms with E-state index in [1.807, 2.05) is 24.3 Å². The summed E-state index contributed by atoms with van der Waals surface area (Å²) >= 11 is 2.00. The molecule has 0 aliphatic heterocycles. The third-order valence-corrected chi connectivity index (χ3v) is 5.90. The van der Waals surface area contributed by atoms with Gasteiger partial charge in [0.25, 0.3) is 5.09 Å². The highest BCUT2D eigenvalue weighted by Crippen LogP contribution is 2.31. The molecule has 0 radical (unpaired) electrons. The molecular formula is C22H27N3O3S. The first-order valence-corrected chi connectivity index (χ1v) is 10.3.